The fraction of sp³-hybridized carbons (Fsp3) is 0.385. The van der Waals surface area contributed by atoms with E-state index in [0.29, 0.717) is 18.9 Å². The van der Waals surface area contributed by atoms with Crippen LogP contribution in [0.3, 0.4) is 0 Å². The van der Waals surface area contributed by atoms with Gasteiger partial charge in [0, 0.05) is 6.42 Å². The summed E-state index contributed by atoms with van der Waals surface area (Å²) in [5.74, 6) is 0.177. The van der Waals surface area contributed by atoms with E-state index < -0.39 is 0 Å². The number of hydrogen-bond acceptors (Lipinski definition) is 6. The van der Waals surface area contributed by atoms with Gasteiger partial charge in [0.1, 0.15) is 12.4 Å². The molecule has 2 aromatic rings. The lowest BCUT2D eigenvalue weighted by Crippen LogP contribution is -2.09. The Morgan fingerprint density at radius 1 is 1.15 bits per heavy atom. The monoisotopic (exact) mass is 282 g/mol. The molecular weight excluding hydrogens is 267 g/mol. The summed E-state index contributed by atoms with van der Waals surface area (Å²) in [4.78, 5) is 4.05. The van der Waals surface area contributed by atoms with Crippen molar-refractivity contribution < 1.29 is 23.5 Å². The summed E-state index contributed by atoms with van der Waals surface area (Å²) in [5, 5.41) is 12.3. The molecule has 0 saturated carbocycles. The van der Waals surface area contributed by atoms with Gasteiger partial charge in [-0.3, -0.25) is 4.52 Å². The van der Waals surface area contributed by atoms with Gasteiger partial charge in [0.25, 0.3) is 0 Å². The van der Waals surface area contributed by atoms with Crippen molar-refractivity contribution in [3.8, 4) is 6.08 Å². The van der Waals surface area contributed by atoms with Crippen LogP contribution in [0.4, 0.5) is 4.39 Å². The number of ether oxygens (including phenoxy) is 2. The molecule has 1 heterocycles. The van der Waals surface area contributed by atoms with Gasteiger partial charge >= 0.3 is 6.08 Å². The van der Waals surface area contributed by atoms with Gasteiger partial charge in [0.15, 0.2) is 5.82 Å². The lowest BCUT2D eigenvalue weighted by Gasteiger charge is -2.01. The summed E-state index contributed by atoms with van der Waals surface area (Å²) in [6.07, 6.45) is 0.503. The topological polar surface area (TPSA) is 77.6 Å². The zero-order chi connectivity index (χ0) is 14.2. The maximum atomic E-state index is 12.8. The van der Waals surface area contributed by atoms with E-state index in [4.69, 9.17) is 19.1 Å². The van der Waals surface area contributed by atoms with Crippen molar-refractivity contribution in [2.75, 3.05) is 26.4 Å². The van der Waals surface area contributed by atoms with Gasteiger partial charge in [0.05, 0.1) is 19.8 Å². The maximum absolute atomic E-state index is 12.8. The van der Waals surface area contributed by atoms with Crippen molar-refractivity contribution in [3.63, 3.8) is 0 Å². The minimum Gasteiger partial charge on any atom is -0.446 e. The standard InChI is InChI=1S/C13H15FN2O4/c14-11-3-1-10(2-4-11)9-12-15-13(20-16-12)19-8-7-18-6-5-17/h1-4,17H,5-9H2. The van der Waals surface area contributed by atoms with Gasteiger partial charge in [0.2, 0.25) is 0 Å². The summed E-state index contributed by atoms with van der Waals surface area (Å²) in [7, 11) is 0. The summed E-state index contributed by atoms with van der Waals surface area (Å²) in [6, 6.07) is 6.08. The molecule has 0 fully saturated rings. The van der Waals surface area contributed by atoms with Gasteiger partial charge in [-0.05, 0) is 17.7 Å². The number of aliphatic hydroxyl groups excluding tert-OH is 1. The van der Waals surface area contributed by atoms with Crippen LogP contribution in [0.15, 0.2) is 28.8 Å². The molecule has 0 atom stereocenters. The Kier molecular flexibility index (Phi) is 5.45. The first kappa shape index (κ1) is 14.4. The Balaban J connectivity index is 1.78. The quantitative estimate of drug-likeness (QED) is 0.733. The van der Waals surface area contributed by atoms with Crippen LogP contribution in [0.1, 0.15) is 11.4 Å². The van der Waals surface area contributed by atoms with Gasteiger partial charge in [-0.1, -0.05) is 17.3 Å². The van der Waals surface area contributed by atoms with Crippen molar-refractivity contribution >= 4 is 0 Å². The number of rotatable bonds is 8. The van der Waals surface area contributed by atoms with E-state index in [1.165, 1.54) is 12.1 Å². The van der Waals surface area contributed by atoms with Crippen molar-refractivity contribution in [1.82, 2.24) is 10.1 Å². The third-order valence-electron chi connectivity index (χ3n) is 2.41. The van der Waals surface area contributed by atoms with E-state index in [9.17, 15) is 4.39 Å². The average molecular weight is 282 g/mol. The molecule has 0 unspecified atom stereocenters. The molecule has 2 rings (SSSR count). The smallest absolute Gasteiger partial charge is 0.417 e. The fourth-order valence-electron chi connectivity index (χ4n) is 1.51. The average Bonchev–Trinajstić information content (AvgIpc) is 2.89. The molecule has 0 bridgehead atoms. The number of hydrogen-bond donors (Lipinski definition) is 1. The van der Waals surface area contributed by atoms with Crippen LogP contribution in [-0.4, -0.2) is 41.7 Å². The van der Waals surface area contributed by atoms with E-state index in [1.54, 1.807) is 12.1 Å². The SMILES string of the molecule is OCCOCCOc1nc(Cc2ccc(F)cc2)no1. The summed E-state index contributed by atoms with van der Waals surface area (Å²) >= 11 is 0. The molecular formula is C13H15FN2O4. The normalized spacial score (nSPS) is 10.7. The Labute approximate surface area is 115 Å². The highest BCUT2D eigenvalue weighted by Gasteiger charge is 2.08. The molecule has 108 valence electrons. The molecule has 20 heavy (non-hydrogen) atoms. The minimum atomic E-state index is -0.284. The molecule has 6 nitrogen and oxygen atoms in total. The van der Waals surface area contributed by atoms with Crippen LogP contribution in [0.5, 0.6) is 6.08 Å². The highest BCUT2D eigenvalue weighted by atomic mass is 19.1. The van der Waals surface area contributed by atoms with Crippen LogP contribution in [0.2, 0.25) is 0 Å². The Hall–Kier alpha value is -1.99. The molecule has 0 amide bonds. The molecule has 0 spiro atoms. The molecule has 1 aromatic heterocycles. The van der Waals surface area contributed by atoms with Crippen molar-refractivity contribution in [1.29, 1.82) is 0 Å². The second-order valence-electron chi connectivity index (χ2n) is 3.96. The van der Waals surface area contributed by atoms with Crippen molar-refractivity contribution in [3.05, 3.63) is 41.5 Å². The second kappa shape index (κ2) is 7.56. The van der Waals surface area contributed by atoms with E-state index >= 15 is 0 Å². The zero-order valence-electron chi connectivity index (χ0n) is 10.8. The third-order valence-corrected chi connectivity index (χ3v) is 2.41. The molecule has 0 radical (unpaired) electrons. The molecule has 1 N–H and O–H groups in total. The molecule has 1 aromatic carbocycles. The lowest BCUT2D eigenvalue weighted by molar-refractivity contribution is 0.0610. The summed E-state index contributed by atoms with van der Waals surface area (Å²) in [6.45, 7) is 0.833. The second-order valence-corrected chi connectivity index (χ2v) is 3.96. The predicted molar refractivity (Wildman–Crippen MR) is 66.9 cm³/mol. The number of nitrogens with zero attached hydrogens (tertiary/aromatic N) is 2. The third kappa shape index (κ3) is 4.60. The summed E-state index contributed by atoms with van der Waals surface area (Å²) in [5.41, 5.74) is 0.880. The largest absolute Gasteiger partial charge is 0.446 e. The summed E-state index contributed by atoms with van der Waals surface area (Å²) < 4.78 is 27.9. The van der Waals surface area contributed by atoms with Crippen molar-refractivity contribution in [2.45, 2.75) is 6.42 Å². The minimum absolute atomic E-state index is 0.0254. The fourth-order valence-corrected chi connectivity index (χ4v) is 1.51. The number of aliphatic hydroxyl groups is 1. The Morgan fingerprint density at radius 2 is 1.95 bits per heavy atom. The molecule has 0 saturated heterocycles. The molecule has 0 aliphatic rings. The van der Waals surface area contributed by atoms with Crippen LogP contribution in [0, 0.1) is 5.82 Å². The first-order valence-corrected chi connectivity index (χ1v) is 6.16. The number of benzene rings is 1. The number of halogens is 1. The molecule has 0 aliphatic heterocycles. The van der Waals surface area contributed by atoms with Crippen LogP contribution >= 0.6 is 0 Å². The lowest BCUT2D eigenvalue weighted by atomic mass is 10.1. The first-order chi connectivity index (χ1) is 9.78. The van der Waals surface area contributed by atoms with Gasteiger partial charge in [-0.15, -0.1) is 0 Å². The van der Waals surface area contributed by atoms with E-state index in [2.05, 4.69) is 10.1 Å². The Morgan fingerprint density at radius 3 is 2.70 bits per heavy atom. The van der Waals surface area contributed by atoms with Crippen LogP contribution < -0.4 is 4.74 Å². The van der Waals surface area contributed by atoms with Crippen molar-refractivity contribution in [2.24, 2.45) is 0 Å². The number of aromatic nitrogens is 2. The van der Waals surface area contributed by atoms with E-state index in [1.807, 2.05) is 0 Å². The highest BCUT2D eigenvalue weighted by molar-refractivity contribution is 5.19. The first-order valence-electron chi connectivity index (χ1n) is 6.16. The highest BCUT2D eigenvalue weighted by Crippen LogP contribution is 2.11. The van der Waals surface area contributed by atoms with Crippen LogP contribution in [0.25, 0.3) is 0 Å². The molecule has 0 aliphatic carbocycles. The predicted octanol–water partition coefficient (Wildman–Crippen LogP) is 1.19. The van der Waals surface area contributed by atoms with E-state index in [0.717, 1.165) is 5.56 Å². The van der Waals surface area contributed by atoms with Gasteiger partial charge in [-0.2, -0.15) is 4.98 Å². The van der Waals surface area contributed by atoms with Crippen LogP contribution in [-0.2, 0) is 11.2 Å². The van der Waals surface area contributed by atoms with Gasteiger partial charge < -0.3 is 14.6 Å². The molecule has 7 heteroatoms. The zero-order valence-corrected chi connectivity index (χ0v) is 10.8. The van der Waals surface area contributed by atoms with E-state index in [-0.39, 0.29) is 31.7 Å². The van der Waals surface area contributed by atoms with Gasteiger partial charge in [-0.25, -0.2) is 4.39 Å². The maximum Gasteiger partial charge on any atom is 0.417 e. The Bertz CT molecular complexity index is 515.